The van der Waals surface area contributed by atoms with Gasteiger partial charge in [-0.05, 0) is 52.7 Å². The van der Waals surface area contributed by atoms with Crippen molar-refractivity contribution in [1.29, 1.82) is 0 Å². The topological polar surface area (TPSA) is 90.9 Å². The van der Waals surface area contributed by atoms with Gasteiger partial charge in [0, 0.05) is 11.3 Å². The molecule has 1 aromatic heterocycles. The number of methoxy groups -OCH3 is 1. The monoisotopic (exact) mass is 517 g/mol. The molecule has 1 N–H and O–H groups in total. The van der Waals surface area contributed by atoms with E-state index in [4.69, 9.17) is 14.2 Å². The van der Waals surface area contributed by atoms with E-state index >= 15 is 0 Å². The van der Waals surface area contributed by atoms with Gasteiger partial charge in [-0.2, -0.15) is 0 Å². The van der Waals surface area contributed by atoms with Crippen LogP contribution in [0.3, 0.4) is 0 Å². The Kier molecular flexibility index (Phi) is 8.02. The van der Waals surface area contributed by atoms with Gasteiger partial charge in [-0.3, -0.25) is 4.79 Å². The maximum Gasteiger partial charge on any atom is 0.351 e. The Morgan fingerprint density at radius 3 is 2.50 bits per heavy atom. The van der Waals surface area contributed by atoms with Crippen molar-refractivity contribution in [2.24, 2.45) is 0 Å². The van der Waals surface area contributed by atoms with E-state index in [-0.39, 0.29) is 29.7 Å². The number of thiophene rings is 1. The van der Waals surface area contributed by atoms with Crippen LogP contribution in [0.25, 0.3) is 10.4 Å². The molecule has 0 radical (unpaired) electrons. The lowest BCUT2D eigenvalue weighted by Crippen LogP contribution is -2.15. The molecule has 0 unspecified atom stereocenters. The zero-order valence-corrected chi connectivity index (χ0v) is 19.7. The van der Waals surface area contributed by atoms with E-state index in [2.05, 4.69) is 21.2 Å². The first kappa shape index (κ1) is 23.5. The lowest BCUT2D eigenvalue weighted by molar-refractivity contribution is -0.145. The summed E-state index contributed by atoms with van der Waals surface area (Å²) in [5.74, 6) is -1.17. The number of benzene rings is 2. The molecular formula is C23H20BrNO6S. The molecule has 0 fully saturated rings. The van der Waals surface area contributed by atoms with E-state index < -0.39 is 11.9 Å². The second-order valence-corrected chi connectivity index (χ2v) is 8.20. The smallest absolute Gasteiger partial charge is 0.351 e. The van der Waals surface area contributed by atoms with Gasteiger partial charge in [0.05, 0.1) is 23.1 Å². The summed E-state index contributed by atoms with van der Waals surface area (Å²) < 4.78 is 15.8. The van der Waals surface area contributed by atoms with Crippen LogP contribution in [-0.2, 0) is 14.3 Å². The lowest BCUT2D eigenvalue weighted by Gasteiger charge is -2.08. The zero-order valence-electron chi connectivity index (χ0n) is 17.3. The van der Waals surface area contributed by atoms with E-state index in [0.717, 1.165) is 16.9 Å². The Hall–Kier alpha value is -3.17. The molecule has 2 aromatic carbocycles. The number of carbonyl (C=O) groups excluding carboxylic acids is 3. The average Bonchev–Trinajstić information content (AvgIpc) is 3.14. The van der Waals surface area contributed by atoms with E-state index in [1.807, 2.05) is 12.1 Å². The van der Waals surface area contributed by atoms with E-state index in [9.17, 15) is 14.4 Å². The lowest BCUT2D eigenvalue weighted by atomic mass is 10.1. The fourth-order valence-corrected chi connectivity index (χ4v) is 4.77. The van der Waals surface area contributed by atoms with E-state index in [1.165, 1.54) is 7.11 Å². The predicted molar refractivity (Wildman–Crippen MR) is 125 cm³/mol. The van der Waals surface area contributed by atoms with Crippen molar-refractivity contribution in [3.8, 4) is 16.2 Å². The van der Waals surface area contributed by atoms with Crippen LogP contribution < -0.4 is 10.1 Å². The summed E-state index contributed by atoms with van der Waals surface area (Å²) >= 11 is 4.63. The van der Waals surface area contributed by atoms with Crippen molar-refractivity contribution in [2.45, 2.75) is 6.92 Å². The van der Waals surface area contributed by atoms with Gasteiger partial charge in [0.25, 0.3) is 5.91 Å². The van der Waals surface area contributed by atoms with Crippen molar-refractivity contribution >= 4 is 50.8 Å². The third-order valence-corrected chi connectivity index (χ3v) is 6.46. The molecule has 0 aliphatic heterocycles. The highest BCUT2D eigenvalue weighted by Crippen LogP contribution is 2.46. The number of hydrogen-bond acceptors (Lipinski definition) is 7. The first-order valence-electron chi connectivity index (χ1n) is 9.60. The Bertz CT molecular complexity index is 1130. The quantitative estimate of drug-likeness (QED) is 0.415. The Morgan fingerprint density at radius 1 is 1.06 bits per heavy atom. The van der Waals surface area contributed by atoms with Crippen LogP contribution in [0.4, 0.5) is 5.69 Å². The van der Waals surface area contributed by atoms with Crippen molar-refractivity contribution in [3.05, 3.63) is 69.5 Å². The third-order valence-electron chi connectivity index (χ3n) is 4.24. The summed E-state index contributed by atoms with van der Waals surface area (Å²) in [6, 6.07) is 16.1. The van der Waals surface area contributed by atoms with Crippen LogP contribution in [0.1, 0.15) is 27.0 Å². The molecule has 0 atom stereocenters. The van der Waals surface area contributed by atoms with Crippen LogP contribution in [0.2, 0.25) is 0 Å². The van der Waals surface area contributed by atoms with Gasteiger partial charge < -0.3 is 19.5 Å². The molecule has 7 nitrogen and oxygen atoms in total. The fourth-order valence-electron chi connectivity index (χ4n) is 2.80. The minimum Gasteiger partial charge on any atom is -0.479 e. The highest BCUT2D eigenvalue weighted by Gasteiger charge is 2.25. The molecule has 3 aromatic rings. The molecule has 0 spiro atoms. The number of nitrogens with one attached hydrogen (secondary N) is 1. The number of rotatable bonds is 8. The molecule has 166 valence electrons. The molecular weight excluding hydrogens is 498 g/mol. The van der Waals surface area contributed by atoms with Crippen molar-refractivity contribution in [3.63, 3.8) is 0 Å². The SMILES string of the molecule is CCOC(=O)COc1c(C(=O)OC)sc(-c2cccc(NC(=O)c3ccccc3)c2)c1Br. The highest BCUT2D eigenvalue weighted by molar-refractivity contribution is 9.10. The van der Waals surface area contributed by atoms with Crippen LogP contribution in [-0.4, -0.2) is 38.2 Å². The summed E-state index contributed by atoms with van der Waals surface area (Å²) in [6.07, 6.45) is 0. The number of amides is 1. The normalized spacial score (nSPS) is 10.3. The number of esters is 2. The Balaban J connectivity index is 1.90. The fraction of sp³-hybridized carbons (Fsp3) is 0.174. The largest absolute Gasteiger partial charge is 0.479 e. The summed E-state index contributed by atoms with van der Waals surface area (Å²) in [5.41, 5.74) is 1.87. The molecule has 0 saturated heterocycles. The Labute approximate surface area is 197 Å². The number of hydrogen-bond donors (Lipinski definition) is 1. The molecule has 3 rings (SSSR count). The first-order valence-corrected chi connectivity index (χ1v) is 11.2. The number of halogens is 1. The van der Waals surface area contributed by atoms with Crippen LogP contribution in [0.15, 0.2) is 59.1 Å². The molecule has 0 aliphatic rings. The zero-order chi connectivity index (χ0) is 23.1. The van der Waals surface area contributed by atoms with Crippen molar-refractivity contribution in [1.82, 2.24) is 0 Å². The second-order valence-electron chi connectivity index (χ2n) is 6.39. The molecule has 0 aliphatic carbocycles. The maximum atomic E-state index is 12.5. The number of carbonyl (C=O) groups is 3. The third kappa shape index (κ3) is 5.54. The van der Waals surface area contributed by atoms with Crippen LogP contribution in [0.5, 0.6) is 5.75 Å². The second kappa shape index (κ2) is 10.9. The standard InChI is InChI=1S/C23H20BrNO6S/c1-3-30-17(26)13-31-19-18(24)20(32-21(19)23(28)29-2)15-10-7-11-16(12-15)25-22(27)14-8-5-4-6-9-14/h4-12H,3,13H2,1-2H3,(H,25,27). The predicted octanol–water partition coefficient (Wildman–Crippen LogP) is 5.16. The minimum atomic E-state index is -0.589. The molecule has 9 heteroatoms. The molecule has 0 bridgehead atoms. The van der Waals surface area contributed by atoms with Crippen LogP contribution >= 0.6 is 27.3 Å². The van der Waals surface area contributed by atoms with Gasteiger partial charge >= 0.3 is 11.9 Å². The van der Waals surface area contributed by atoms with Gasteiger partial charge in [-0.1, -0.05) is 30.3 Å². The summed E-state index contributed by atoms with van der Waals surface area (Å²) in [4.78, 5) is 37.4. The first-order chi connectivity index (χ1) is 15.4. The van der Waals surface area contributed by atoms with Gasteiger partial charge in [0.2, 0.25) is 0 Å². The van der Waals surface area contributed by atoms with Gasteiger partial charge in [0.1, 0.15) is 0 Å². The van der Waals surface area contributed by atoms with Gasteiger partial charge in [-0.25, -0.2) is 9.59 Å². The Morgan fingerprint density at radius 2 is 1.81 bits per heavy atom. The van der Waals surface area contributed by atoms with Crippen molar-refractivity contribution < 1.29 is 28.6 Å². The number of ether oxygens (including phenoxy) is 3. The van der Waals surface area contributed by atoms with Crippen molar-refractivity contribution in [2.75, 3.05) is 25.6 Å². The average molecular weight is 518 g/mol. The van der Waals surface area contributed by atoms with Gasteiger partial charge in [0.15, 0.2) is 17.2 Å². The number of anilines is 1. The summed E-state index contributed by atoms with van der Waals surface area (Å²) in [7, 11) is 1.27. The highest BCUT2D eigenvalue weighted by atomic mass is 79.9. The van der Waals surface area contributed by atoms with E-state index in [0.29, 0.717) is 20.6 Å². The molecule has 0 saturated carbocycles. The molecule has 1 heterocycles. The van der Waals surface area contributed by atoms with E-state index in [1.54, 1.807) is 49.4 Å². The minimum absolute atomic E-state index is 0.198. The van der Waals surface area contributed by atoms with Gasteiger partial charge in [-0.15, -0.1) is 11.3 Å². The molecule has 32 heavy (non-hydrogen) atoms. The summed E-state index contributed by atoms with van der Waals surface area (Å²) in [5, 5.41) is 2.86. The van der Waals surface area contributed by atoms with Crippen LogP contribution in [0, 0.1) is 0 Å². The maximum absolute atomic E-state index is 12.5. The summed E-state index contributed by atoms with van der Waals surface area (Å²) in [6.45, 7) is 1.57. The molecule has 1 amide bonds.